The summed E-state index contributed by atoms with van der Waals surface area (Å²) < 4.78 is 63.0. The Balaban J connectivity index is 1.73. The molecule has 0 saturated heterocycles. The van der Waals surface area contributed by atoms with Crippen molar-refractivity contribution in [3.8, 4) is 11.3 Å². The number of anilines is 1. The zero-order chi connectivity index (χ0) is 33.4. The summed E-state index contributed by atoms with van der Waals surface area (Å²) in [5.74, 6) is -1.50. The summed E-state index contributed by atoms with van der Waals surface area (Å²) >= 11 is 0. The Labute approximate surface area is 256 Å². The average Bonchev–Trinajstić information content (AvgIpc) is 2.93. The second-order valence-electron chi connectivity index (χ2n) is 12.1. The van der Waals surface area contributed by atoms with Crippen LogP contribution in [0.5, 0.6) is 0 Å². The van der Waals surface area contributed by atoms with Gasteiger partial charge in [-0.2, -0.15) is 13.2 Å². The fourth-order valence-electron chi connectivity index (χ4n) is 4.49. The number of benzene rings is 2. The Morgan fingerprint density at radius 1 is 1.00 bits per heavy atom. The van der Waals surface area contributed by atoms with Gasteiger partial charge in [0.2, 0.25) is 5.60 Å². The van der Waals surface area contributed by atoms with Crippen LogP contribution in [0.25, 0.3) is 11.3 Å². The van der Waals surface area contributed by atoms with Gasteiger partial charge in [-0.3, -0.25) is 4.79 Å². The number of aromatic nitrogens is 1. The molecule has 3 aromatic rings. The van der Waals surface area contributed by atoms with Gasteiger partial charge in [-0.1, -0.05) is 0 Å². The van der Waals surface area contributed by atoms with E-state index in [0.29, 0.717) is 11.3 Å². The van der Waals surface area contributed by atoms with E-state index < -0.39 is 59.0 Å². The molecular weight excluding hydrogens is 598 g/mol. The van der Waals surface area contributed by atoms with Crippen LogP contribution in [0.4, 0.5) is 32.8 Å². The van der Waals surface area contributed by atoms with Crippen molar-refractivity contribution in [3.63, 3.8) is 0 Å². The lowest BCUT2D eigenvalue weighted by Gasteiger charge is -2.33. The maximum atomic E-state index is 14.7. The molecule has 14 heteroatoms. The summed E-state index contributed by atoms with van der Waals surface area (Å²) in [7, 11) is 0. The number of aliphatic hydroxyl groups is 1. The number of hydrogen-bond donors (Lipinski definition) is 5. The van der Waals surface area contributed by atoms with Crippen molar-refractivity contribution >= 4 is 23.7 Å². The number of halogens is 4. The SMILES string of the molecule is CC(C)(C)OC(=O)NC(C)(C)c1cc(-c2ccc(F)cc2)nc(C(O)(CNC(=O)c2ccc3c(c2)CNC(=O)N3)C(F)(F)F)c1. The first kappa shape index (κ1) is 33.2. The number of carbonyl (C=O) groups excluding carboxylic acids is 3. The lowest BCUT2D eigenvalue weighted by molar-refractivity contribution is -0.265. The van der Waals surface area contributed by atoms with E-state index in [1.807, 2.05) is 0 Å². The predicted molar refractivity (Wildman–Crippen MR) is 157 cm³/mol. The smallest absolute Gasteiger partial charge is 0.424 e. The lowest BCUT2D eigenvalue weighted by atomic mass is 9.88. The quantitative estimate of drug-likeness (QED) is 0.219. The first-order chi connectivity index (χ1) is 20.8. The number of rotatable bonds is 7. The molecule has 0 spiro atoms. The van der Waals surface area contributed by atoms with Crippen molar-refractivity contribution in [2.45, 2.75) is 64.1 Å². The molecule has 10 nitrogen and oxygen atoms in total. The van der Waals surface area contributed by atoms with E-state index >= 15 is 0 Å². The van der Waals surface area contributed by atoms with Crippen LogP contribution >= 0.6 is 0 Å². The molecule has 0 bridgehead atoms. The minimum atomic E-state index is -5.33. The number of nitrogens with zero attached hydrogens (tertiary/aromatic N) is 1. The molecule has 1 unspecified atom stereocenters. The molecule has 240 valence electrons. The van der Waals surface area contributed by atoms with E-state index in [-0.39, 0.29) is 28.9 Å². The molecule has 0 radical (unpaired) electrons. The van der Waals surface area contributed by atoms with Crippen LogP contribution in [0.15, 0.2) is 54.6 Å². The molecule has 1 aliphatic rings. The van der Waals surface area contributed by atoms with Crippen molar-refractivity contribution in [2.24, 2.45) is 0 Å². The zero-order valence-corrected chi connectivity index (χ0v) is 25.1. The van der Waals surface area contributed by atoms with Crippen LogP contribution in [0.2, 0.25) is 0 Å². The second kappa shape index (κ2) is 12.0. The highest BCUT2D eigenvalue weighted by molar-refractivity contribution is 5.97. The van der Waals surface area contributed by atoms with Crippen LogP contribution < -0.4 is 21.3 Å². The van der Waals surface area contributed by atoms with E-state index in [1.54, 1.807) is 20.8 Å². The molecular formula is C31H33F4N5O5. The van der Waals surface area contributed by atoms with Crippen molar-refractivity contribution in [2.75, 3.05) is 11.9 Å². The number of ether oxygens (including phenoxy) is 1. The number of carbonyl (C=O) groups is 3. The van der Waals surface area contributed by atoms with E-state index in [1.165, 1.54) is 50.2 Å². The summed E-state index contributed by atoms with van der Waals surface area (Å²) in [6.45, 7) is 6.76. The number of alkyl carbamates (subject to hydrolysis) is 1. The van der Waals surface area contributed by atoms with Gasteiger partial charge < -0.3 is 31.1 Å². The molecule has 4 amide bonds. The number of fused-ring (bicyclic) bond motifs is 1. The van der Waals surface area contributed by atoms with E-state index in [4.69, 9.17) is 4.74 Å². The molecule has 2 aromatic carbocycles. The minimum absolute atomic E-state index is 0.00683. The van der Waals surface area contributed by atoms with E-state index in [0.717, 1.165) is 18.2 Å². The standard InChI is InChI=1S/C31H33F4N5O5/c1-28(2,3)45-27(43)40-29(4,5)20-13-23(17-6-9-21(32)10-7-17)38-24(14-20)30(44,31(33,34)35)16-37-25(41)18-8-11-22-19(12-18)15-36-26(42)39-22/h6-14,44H,15-16H2,1-5H3,(H,37,41)(H,40,43)(H2,36,39,42). The number of urea groups is 1. The maximum absolute atomic E-state index is 14.7. The maximum Gasteiger partial charge on any atom is 0.424 e. The summed E-state index contributed by atoms with van der Waals surface area (Å²) in [5, 5.41) is 21.1. The molecule has 45 heavy (non-hydrogen) atoms. The number of nitrogens with one attached hydrogen (secondary N) is 4. The van der Waals surface area contributed by atoms with Crippen molar-refractivity contribution < 1.29 is 41.8 Å². The average molecular weight is 632 g/mol. The Hall–Kier alpha value is -4.72. The number of pyridine rings is 1. The molecule has 5 N–H and O–H groups in total. The number of hydrogen-bond acceptors (Lipinski definition) is 6. The fraction of sp³-hybridized carbons (Fsp3) is 0.355. The topological polar surface area (TPSA) is 142 Å². The van der Waals surface area contributed by atoms with Gasteiger partial charge in [0.25, 0.3) is 5.91 Å². The van der Waals surface area contributed by atoms with Gasteiger partial charge >= 0.3 is 18.3 Å². The van der Waals surface area contributed by atoms with Crippen LogP contribution in [0, 0.1) is 5.82 Å². The Kier molecular flexibility index (Phi) is 8.84. The summed E-state index contributed by atoms with van der Waals surface area (Å²) in [6.07, 6.45) is -6.17. The highest BCUT2D eigenvalue weighted by Gasteiger charge is 2.56. The normalized spacial score (nSPS) is 14.8. The zero-order valence-electron chi connectivity index (χ0n) is 25.1. The summed E-state index contributed by atoms with van der Waals surface area (Å²) in [5.41, 5.74) is -5.52. The largest absolute Gasteiger partial charge is 0.444 e. The first-order valence-electron chi connectivity index (χ1n) is 13.8. The number of alkyl halides is 3. The molecule has 0 aliphatic carbocycles. The third-order valence-electron chi connectivity index (χ3n) is 6.95. The first-order valence-corrected chi connectivity index (χ1v) is 13.8. The van der Waals surface area contributed by atoms with Gasteiger partial charge in [-0.15, -0.1) is 0 Å². The van der Waals surface area contributed by atoms with E-state index in [9.17, 15) is 37.1 Å². The van der Waals surface area contributed by atoms with Gasteiger partial charge in [-0.05, 0) is 100 Å². The van der Waals surface area contributed by atoms with Crippen molar-refractivity contribution in [3.05, 3.63) is 82.8 Å². The third-order valence-corrected chi connectivity index (χ3v) is 6.95. The van der Waals surface area contributed by atoms with Crippen LogP contribution in [-0.2, 0) is 22.4 Å². The second-order valence-corrected chi connectivity index (χ2v) is 12.1. The Bertz CT molecular complexity index is 1620. The number of amides is 4. The fourth-order valence-corrected chi connectivity index (χ4v) is 4.49. The van der Waals surface area contributed by atoms with Gasteiger partial charge in [0.1, 0.15) is 11.4 Å². The van der Waals surface area contributed by atoms with Gasteiger partial charge in [0.15, 0.2) is 0 Å². The van der Waals surface area contributed by atoms with Gasteiger partial charge in [0.05, 0.1) is 23.5 Å². The molecule has 1 aromatic heterocycles. The van der Waals surface area contributed by atoms with Gasteiger partial charge in [-0.25, -0.2) is 19.0 Å². The molecule has 1 atom stereocenters. The van der Waals surface area contributed by atoms with Gasteiger partial charge in [0, 0.05) is 23.4 Å². The molecule has 0 fully saturated rings. The summed E-state index contributed by atoms with van der Waals surface area (Å²) in [4.78, 5) is 41.2. The van der Waals surface area contributed by atoms with Crippen molar-refractivity contribution in [1.29, 1.82) is 0 Å². The highest BCUT2D eigenvalue weighted by atomic mass is 19.4. The molecule has 4 rings (SSSR count). The molecule has 2 heterocycles. The Morgan fingerprint density at radius 2 is 1.67 bits per heavy atom. The monoisotopic (exact) mass is 631 g/mol. The highest BCUT2D eigenvalue weighted by Crippen LogP contribution is 2.40. The summed E-state index contributed by atoms with van der Waals surface area (Å²) in [6, 6.07) is 10.9. The van der Waals surface area contributed by atoms with Crippen LogP contribution in [0.3, 0.4) is 0 Å². The van der Waals surface area contributed by atoms with Crippen LogP contribution in [0.1, 0.15) is 61.8 Å². The van der Waals surface area contributed by atoms with Crippen molar-refractivity contribution in [1.82, 2.24) is 20.9 Å². The molecule has 1 aliphatic heterocycles. The van der Waals surface area contributed by atoms with Crippen LogP contribution in [-0.4, -0.2) is 46.4 Å². The van der Waals surface area contributed by atoms with E-state index in [2.05, 4.69) is 26.3 Å². The Morgan fingerprint density at radius 3 is 2.29 bits per heavy atom. The third kappa shape index (κ3) is 7.69. The lowest BCUT2D eigenvalue weighted by Crippen LogP contribution is -2.52. The minimum Gasteiger partial charge on any atom is -0.444 e. The predicted octanol–water partition coefficient (Wildman–Crippen LogP) is 5.46. The molecule has 0 saturated carbocycles.